The fraction of sp³-hybridized carbons (Fsp3) is 0.179. The lowest BCUT2D eigenvalue weighted by atomic mass is 10.1. The minimum atomic E-state index is -0.700. The van der Waals surface area contributed by atoms with Crippen LogP contribution in [0.3, 0.4) is 0 Å². The minimum absolute atomic E-state index is 0.151. The number of benzene rings is 3. The molecule has 0 aliphatic rings. The molecule has 202 valence electrons. The standard InChI is InChI=1S/C28H25Cl2N3O6/c1-37-8-9-39-25-13-18-11-20(27(35)32-22(18)14-24(25)38-2)28(36)33-23-12-17(6-7-21(23)30)26(34)31-15-16-4-3-5-19(29)10-16/h3-7,10-14H,8-9,15H2,1-2H3,(H,31,34)(H,32,35)(H,33,36). The summed E-state index contributed by atoms with van der Waals surface area (Å²) in [6.07, 6.45) is 0. The fourth-order valence-corrected chi connectivity index (χ4v) is 4.15. The molecule has 3 N–H and O–H groups in total. The van der Waals surface area contributed by atoms with Crippen molar-refractivity contribution in [3.8, 4) is 11.5 Å². The van der Waals surface area contributed by atoms with Gasteiger partial charge in [0.2, 0.25) is 0 Å². The molecule has 2 amide bonds. The molecule has 1 aromatic heterocycles. The first-order chi connectivity index (χ1) is 18.8. The maximum absolute atomic E-state index is 13.1. The Morgan fingerprint density at radius 1 is 0.923 bits per heavy atom. The maximum atomic E-state index is 13.1. The molecular formula is C28H25Cl2N3O6. The van der Waals surface area contributed by atoms with E-state index in [1.165, 1.54) is 31.4 Å². The maximum Gasteiger partial charge on any atom is 0.261 e. The normalized spacial score (nSPS) is 10.8. The SMILES string of the molecule is COCCOc1cc2cc(C(=O)Nc3cc(C(=O)NCc4cccc(Cl)c4)ccc3Cl)c(=O)[nH]c2cc1OC. The van der Waals surface area contributed by atoms with E-state index in [1.807, 2.05) is 6.07 Å². The Kier molecular flexibility index (Phi) is 9.08. The van der Waals surface area contributed by atoms with Gasteiger partial charge in [-0.2, -0.15) is 0 Å². The van der Waals surface area contributed by atoms with Gasteiger partial charge in [0.25, 0.3) is 17.4 Å². The fourth-order valence-electron chi connectivity index (χ4n) is 3.77. The summed E-state index contributed by atoms with van der Waals surface area (Å²) in [6.45, 7) is 0.924. The summed E-state index contributed by atoms with van der Waals surface area (Å²) in [5, 5.41) is 6.74. The van der Waals surface area contributed by atoms with E-state index >= 15 is 0 Å². The molecule has 3 aromatic carbocycles. The second-order valence-corrected chi connectivity index (χ2v) is 9.25. The van der Waals surface area contributed by atoms with Crippen LogP contribution < -0.4 is 25.7 Å². The topological polar surface area (TPSA) is 119 Å². The molecule has 0 bridgehead atoms. The Balaban J connectivity index is 1.54. The first-order valence-electron chi connectivity index (χ1n) is 11.8. The summed E-state index contributed by atoms with van der Waals surface area (Å²) in [5.41, 5.74) is 0.982. The highest BCUT2D eigenvalue weighted by molar-refractivity contribution is 6.34. The number of ether oxygens (including phenoxy) is 3. The smallest absolute Gasteiger partial charge is 0.261 e. The van der Waals surface area contributed by atoms with Crippen molar-refractivity contribution in [3.63, 3.8) is 0 Å². The van der Waals surface area contributed by atoms with E-state index in [1.54, 1.807) is 37.4 Å². The first kappa shape index (κ1) is 28.0. The Morgan fingerprint density at radius 2 is 1.74 bits per heavy atom. The van der Waals surface area contributed by atoms with Gasteiger partial charge in [0.1, 0.15) is 12.2 Å². The first-order valence-corrected chi connectivity index (χ1v) is 12.5. The third-order valence-corrected chi connectivity index (χ3v) is 6.30. The van der Waals surface area contributed by atoms with Gasteiger partial charge >= 0.3 is 0 Å². The predicted octanol–water partition coefficient (Wildman–Crippen LogP) is 5.05. The molecule has 39 heavy (non-hydrogen) atoms. The van der Waals surface area contributed by atoms with Crippen molar-refractivity contribution >= 4 is 51.6 Å². The molecule has 0 spiro atoms. The van der Waals surface area contributed by atoms with Gasteiger partial charge in [-0.25, -0.2) is 0 Å². The second-order valence-electron chi connectivity index (χ2n) is 8.41. The van der Waals surface area contributed by atoms with E-state index in [0.29, 0.717) is 34.0 Å². The third-order valence-electron chi connectivity index (χ3n) is 5.74. The van der Waals surface area contributed by atoms with E-state index in [-0.39, 0.29) is 40.9 Å². The van der Waals surface area contributed by atoms with Crippen molar-refractivity contribution in [2.24, 2.45) is 0 Å². The van der Waals surface area contributed by atoms with Crippen molar-refractivity contribution < 1.29 is 23.8 Å². The van der Waals surface area contributed by atoms with Crippen LogP contribution in [-0.2, 0) is 11.3 Å². The number of H-pyrrole nitrogens is 1. The number of halogens is 2. The molecule has 0 radical (unpaired) electrons. The zero-order valence-electron chi connectivity index (χ0n) is 21.1. The number of anilines is 1. The lowest BCUT2D eigenvalue weighted by Gasteiger charge is -2.13. The second kappa shape index (κ2) is 12.7. The third kappa shape index (κ3) is 6.88. The molecule has 0 aliphatic carbocycles. The number of hydrogen-bond acceptors (Lipinski definition) is 6. The van der Waals surface area contributed by atoms with Crippen LogP contribution in [0.15, 0.2) is 65.5 Å². The number of aromatic nitrogens is 1. The van der Waals surface area contributed by atoms with Gasteiger partial charge in [-0.15, -0.1) is 0 Å². The highest BCUT2D eigenvalue weighted by Crippen LogP contribution is 2.32. The summed E-state index contributed by atoms with van der Waals surface area (Å²) >= 11 is 12.3. The van der Waals surface area contributed by atoms with E-state index < -0.39 is 11.5 Å². The highest BCUT2D eigenvalue weighted by atomic mass is 35.5. The van der Waals surface area contributed by atoms with E-state index in [0.717, 1.165) is 5.56 Å². The van der Waals surface area contributed by atoms with Gasteiger partial charge in [-0.05, 0) is 48.0 Å². The van der Waals surface area contributed by atoms with Crippen LogP contribution in [-0.4, -0.2) is 44.2 Å². The quantitative estimate of drug-likeness (QED) is 0.230. The van der Waals surface area contributed by atoms with E-state index in [9.17, 15) is 14.4 Å². The summed E-state index contributed by atoms with van der Waals surface area (Å²) in [6, 6.07) is 16.3. The largest absolute Gasteiger partial charge is 0.493 e. The Labute approximate surface area is 234 Å². The molecule has 0 atom stereocenters. The zero-order valence-corrected chi connectivity index (χ0v) is 22.6. The summed E-state index contributed by atoms with van der Waals surface area (Å²) in [4.78, 5) is 41.3. The lowest BCUT2D eigenvalue weighted by Crippen LogP contribution is -2.24. The van der Waals surface area contributed by atoms with Crippen LogP contribution in [0, 0.1) is 0 Å². The summed E-state index contributed by atoms with van der Waals surface area (Å²) in [5.74, 6) is -0.224. The molecular weight excluding hydrogens is 545 g/mol. The van der Waals surface area contributed by atoms with Crippen molar-refractivity contribution in [2.75, 3.05) is 32.8 Å². The van der Waals surface area contributed by atoms with Gasteiger partial charge in [0, 0.05) is 35.7 Å². The van der Waals surface area contributed by atoms with Crippen molar-refractivity contribution in [2.45, 2.75) is 6.54 Å². The van der Waals surface area contributed by atoms with Crippen LogP contribution in [0.2, 0.25) is 10.0 Å². The molecule has 0 saturated carbocycles. The van der Waals surface area contributed by atoms with Crippen LogP contribution in [0.5, 0.6) is 11.5 Å². The van der Waals surface area contributed by atoms with Crippen molar-refractivity contribution in [1.82, 2.24) is 10.3 Å². The van der Waals surface area contributed by atoms with Crippen molar-refractivity contribution in [3.05, 3.63) is 97.8 Å². The Hall–Kier alpha value is -4.05. The molecule has 0 fully saturated rings. The molecule has 0 aliphatic heterocycles. The summed E-state index contributed by atoms with van der Waals surface area (Å²) < 4.78 is 16.1. The Bertz CT molecular complexity index is 1590. The van der Waals surface area contributed by atoms with E-state index in [4.69, 9.17) is 37.4 Å². The number of nitrogens with one attached hydrogen (secondary N) is 3. The van der Waals surface area contributed by atoms with Gasteiger partial charge in [-0.3, -0.25) is 14.4 Å². The van der Waals surface area contributed by atoms with Gasteiger partial charge in [0.05, 0.1) is 29.9 Å². The number of hydrogen-bond donors (Lipinski definition) is 3. The predicted molar refractivity (Wildman–Crippen MR) is 151 cm³/mol. The minimum Gasteiger partial charge on any atom is -0.493 e. The molecule has 4 rings (SSSR count). The number of rotatable bonds is 10. The monoisotopic (exact) mass is 569 g/mol. The van der Waals surface area contributed by atoms with Gasteiger partial charge in [-0.1, -0.05) is 35.3 Å². The number of fused-ring (bicyclic) bond motifs is 1. The van der Waals surface area contributed by atoms with Crippen LogP contribution in [0.4, 0.5) is 5.69 Å². The molecule has 9 nitrogen and oxygen atoms in total. The average Bonchev–Trinajstić information content (AvgIpc) is 2.92. The number of amides is 2. The van der Waals surface area contributed by atoms with Crippen LogP contribution in [0.25, 0.3) is 10.9 Å². The molecule has 0 unspecified atom stereocenters. The highest BCUT2D eigenvalue weighted by Gasteiger charge is 2.17. The lowest BCUT2D eigenvalue weighted by molar-refractivity contribution is 0.0949. The average molecular weight is 570 g/mol. The number of carbonyl (C=O) groups excluding carboxylic acids is 2. The summed E-state index contributed by atoms with van der Waals surface area (Å²) in [7, 11) is 3.05. The number of carbonyl (C=O) groups is 2. The number of methoxy groups -OCH3 is 2. The number of aromatic amines is 1. The molecule has 4 aromatic rings. The van der Waals surface area contributed by atoms with Crippen molar-refractivity contribution in [1.29, 1.82) is 0 Å². The Morgan fingerprint density at radius 3 is 2.49 bits per heavy atom. The van der Waals surface area contributed by atoms with Crippen LogP contribution in [0.1, 0.15) is 26.3 Å². The molecule has 1 heterocycles. The van der Waals surface area contributed by atoms with Crippen LogP contribution >= 0.6 is 23.2 Å². The molecule has 0 saturated heterocycles. The van der Waals surface area contributed by atoms with Gasteiger partial charge in [0.15, 0.2) is 11.5 Å². The number of pyridine rings is 1. The molecule has 11 heteroatoms. The zero-order chi connectivity index (χ0) is 27.9. The van der Waals surface area contributed by atoms with E-state index in [2.05, 4.69) is 15.6 Å². The van der Waals surface area contributed by atoms with Gasteiger partial charge < -0.3 is 29.8 Å².